The number of hydrogen-bond acceptors (Lipinski definition) is 5. The van der Waals surface area contributed by atoms with E-state index < -0.39 is 5.97 Å². The zero-order valence-corrected chi connectivity index (χ0v) is 11.4. The summed E-state index contributed by atoms with van der Waals surface area (Å²) >= 11 is 0. The highest BCUT2D eigenvalue weighted by Crippen LogP contribution is 2.21. The molecule has 6 heteroatoms. The Balaban J connectivity index is 2.54. The van der Waals surface area contributed by atoms with Crippen LogP contribution in [0.15, 0.2) is 30.7 Å². The molecule has 0 radical (unpaired) electrons. The molecule has 0 fully saturated rings. The smallest absolute Gasteiger partial charge is 0.341 e. The number of rotatable bonds is 5. The van der Waals surface area contributed by atoms with E-state index in [9.17, 15) is 9.90 Å². The number of pyridine rings is 1. The number of aromatic carboxylic acids is 1. The molecule has 2 rings (SSSR count). The first-order chi connectivity index (χ1) is 9.67. The highest BCUT2D eigenvalue weighted by molar-refractivity contribution is 5.93. The third kappa shape index (κ3) is 2.74. The van der Waals surface area contributed by atoms with Crippen molar-refractivity contribution in [2.24, 2.45) is 0 Å². The second-order valence-electron chi connectivity index (χ2n) is 4.14. The van der Waals surface area contributed by atoms with E-state index in [2.05, 4.69) is 15.0 Å². The van der Waals surface area contributed by atoms with Crippen LogP contribution in [0.1, 0.15) is 24.2 Å². The van der Waals surface area contributed by atoms with Crippen molar-refractivity contribution >= 4 is 11.8 Å². The minimum Gasteiger partial charge on any atom is -0.477 e. The quantitative estimate of drug-likeness (QED) is 0.897. The number of hydrogen-bond donors (Lipinski definition) is 1. The number of carboxylic acid groups (broad SMARTS) is 1. The first-order valence-electron chi connectivity index (χ1n) is 6.43. The van der Waals surface area contributed by atoms with Gasteiger partial charge in [-0.1, -0.05) is 0 Å². The Morgan fingerprint density at radius 2 is 1.90 bits per heavy atom. The molecule has 6 nitrogen and oxygen atoms in total. The summed E-state index contributed by atoms with van der Waals surface area (Å²) in [6, 6.07) is 3.59. The van der Waals surface area contributed by atoms with Gasteiger partial charge in [-0.3, -0.25) is 4.98 Å². The predicted molar refractivity (Wildman–Crippen MR) is 75.8 cm³/mol. The largest absolute Gasteiger partial charge is 0.477 e. The lowest BCUT2D eigenvalue weighted by atomic mass is 10.2. The standard InChI is InChI=1S/C14H16N4O2/c1-3-18(4-2)13-11(14(19)20)9-16-12(17-13)10-5-7-15-8-6-10/h5-9H,3-4H2,1-2H3,(H,19,20). The zero-order chi connectivity index (χ0) is 14.5. The van der Waals surface area contributed by atoms with Gasteiger partial charge in [-0.05, 0) is 26.0 Å². The summed E-state index contributed by atoms with van der Waals surface area (Å²) in [6.07, 6.45) is 4.67. The molecule has 0 saturated carbocycles. The van der Waals surface area contributed by atoms with E-state index in [0.717, 1.165) is 5.56 Å². The highest BCUT2D eigenvalue weighted by Gasteiger charge is 2.18. The van der Waals surface area contributed by atoms with E-state index >= 15 is 0 Å². The molecule has 1 N–H and O–H groups in total. The van der Waals surface area contributed by atoms with Crippen LogP contribution < -0.4 is 4.90 Å². The number of carbonyl (C=O) groups is 1. The van der Waals surface area contributed by atoms with Crippen molar-refractivity contribution in [3.8, 4) is 11.4 Å². The second-order valence-corrected chi connectivity index (χ2v) is 4.14. The van der Waals surface area contributed by atoms with Crippen LogP contribution in [0, 0.1) is 0 Å². The summed E-state index contributed by atoms with van der Waals surface area (Å²) in [5.74, 6) is -0.0724. The maximum Gasteiger partial charge on any atom is 0.341 e. The third-order valence-electron chi connectivity index (χ3n) is 3.00. The summed E-state index contributed by atoms with van der Waals surface area (Å²) in [6.45, 7) is 5.29. The number of carboxylic acids is 1. The molecule has 20 heavy (non-hydrogen) atoms. The van der Waals surface area contributed by atoms with E-state index in [1.807, 2.05) is 18.7 Å². The summed E-state index contributed by atoms with van der Waals surface area (Å²) in [7, 11) is 0. The molecule has 0 spiro atoms. The first-order valence-corrected chi connectivity index (χ1v) is 6.43. The lowest BCUT2D eigenvalue weighted by Crippen LogP contribution is -2.26. The monoisotopic (exact) mass is 272 g/mol. The summed E-state index contributed by atoms with van der Waals surface area (Å²) in [5, 5.41) is 9.25. The van der Waals surface area contributed by atoms with Gasteiger partial charge in [0.15, 0.2) is 5.82 Å². The topological polar surface area (TPSA) is 79.2 Å². The van der Waals surface area contributed by atoms with Gasteiger partial charge in [-0.25, -0.2) is 14.8 Å². The van der Waals surface area contributed by atoms with Crippen LogP contribution in [-0.2, 0) is 0 Å². The molecule has 2 aromatic rings. The average molecular weight is 272 g/mol. The fourth-order valence-electron chi connectivity index (χ4n) is 1.93. The molecule has 0 aromatic carbocycles. The Morgan fingerprint density at radius 1 is 1.25 bits per heavy atom. The third-order valence-corrected chi connectivity index (χ3v) is 3.00. The van der Waals surface area contributed by atoms with E-state index in [0.29, 0.717) is 24.7 Å². The van der Waals surface area contributed by atoms with Gasteiger partial charge in [0.1, 0.15) is 11.4 Å². The first kappa shape index (κ1) is 13.9. The number of aromatic nitrogens is 3. The molecule has 0 bridgehead atoms. The van der Waals surface area contributed by atoms with Crippen LogP contribution in [-0.4, -0.2) is 39.1 Å². The normalized spacial score (nSPS) is 10.3. The SMILES string of the molecule is CCN(CC)c1nc(-c2ccncc2)ncc1C(=O)O. The van der Waals surface area contributed by atoms with Crippen molar-refractivity contribution in [3.05, 3.63) is 36.3 Å². The van der Waals surface area contributed by atoms with Gasteiger partial charge in [-0.2, -0.15) is 0 Å². The molecule has 0 aliphatic heterocycles. The van der Waals surface area contributed by atoms with Crippen molar-refractivity contribution < 1.29 is 9.90 Å². The van der Waals surface area contributed by atoms with Gasteiger partial charge in [0, 0.05) is 37.2 Å². The molecule has 0 aliphatic rings. The maximum absolute atomic E-state index is 11.3. The fourth-order valence-corrected chi connectivity index (χ4v) is 1.93. The molecule has 2 heterocycles. The Morgan fingerprint density at radius 3 is 2.45 bits per heavy atom. The molecule has 0 unspecified atom stereocenters. The summed E-state index contributed by atoms with van der Waals surface area (Å²) in [5.41, 5.74) is 0.928. The van der Waals surface area contributed by atoms with Gasteiger partial charge >= 0.3 is 5.97 Å². The average Bonchev–Trinajstić information content (AvgIpc) is 2.49. The van der Waals surface area contributed by atoms with Crippen molar-refractivity contribution in [2.75, 3.05) is 18.0 Å². The molecule has 0 saturated heterocycles. The molecular weight excluding hydrogens is 256 g/mol. The Bertz CT molecular complexity index is 597. The van der Waals surface area contributed by atoms with Crippen molar-refractivity contribution in [2.45, 2.75) is 13.8 Å². The van der Waals surface area contributed by atoms with Gasteiger partial charge < -0.3 is 10.0 Å². The Hall–Kier alpha value is -2.50. The number of nitrogens with zero attached hydrogens (tertiary/aromatic N) is 4. The molecule has 2 aromatic heterocycles. The van der Waals surface area contributed by atoms with Gasteiger partial charge in [0.2, 0.25) is 0 Å². The van der Waals surface area contributed by atoms with Crippen LogP contribution in [0.25, 0.3) is 11.4 Å². The van der Waals surface area contributed by atoms with Crippen molar-refractivity contribution in [1.29, 1.82) is 0 Å². The molecule has 0 amide bonds. The summed E-state index contributed by atoms with van der Waals surface area (Å²) < 4.78 is 0. The minimum atomic E-state index is -1.02. The molecular formula is C14H16N4O2. The van der Waals surface area contributed by atoms with Gasteiger partial charge in [-0.15, -0.1) is 0 Å². The zero-order valence-electron chi connectivity index (χ0n) is 11.4. The lowest BCUT2D eigenvalue weighted by molar-refractivity contribution is 0.0696. The number of anilines is 1. The maximum atomic E-state index is 11.3. The summed E-state index contributed by atoms with van der Waals surface area (Å²) in [4.78, 5) is 25.7. The van der Waals surface area contributed by atoms with Crippen molar-refractivity contribution in [3.63, 3.8) is 0 Å². The molecule has 104 valence electrons. The fraction of sp³-hybridized carbons (Fsp3) is 0.286. The van der Waals surface area contributed by atoms with Crippen molar-refractivity contribution in [1.82, 2.24) is 15.0 Å². The molecule has 0 aliphatic carbocycles. The van der Waals surface area contributed by atoms with Crippen LogP contribution in [0.5, 0.6) is 0 Å². The Kier molecular flexibility index (Phi) is 4.24. The Labute approximate surface area is 117 Å². The van der Waals surface area contributed by atoms with E-state index in [1.165, 1.54) is 6.20 Å². The second kappa shape index (κ2) is 6.10. The van der Waals surface area contributed by atoms with E-state index in [4.69, 9.17) is 0 Å². The predicted octanol–water partition coefficient (Wildman–Crippen LogP) is 2.08. The van der Waals surface area contributed by atoms with E-state index in [1.54, 1.807) is 24.5 Å². The van der Waals surface area contributed by atoms with Gasteiger partial charge in [0.05, 0.1) is 0 Å². The van der Waals surface area contributed by atoms with Crippen LogP contribution in [0.4, 0.5) is 5.82 Å². The van der Waals surface area contributed by atoms with Crippen LogP contribution in [0.2, 0.25) is 0 Å². The van der Waals surface area contributed by atoms with Gasteiger partial charge in [0.25, 0.3) is 0 Å². The van der Waals surface area contributed by atoms with E-state index in [-0.39, 0.29) is 5.56 Å². The molecule has 0 atom stereocenters. The highest BCUT2D eigenvalue weighted by atomic mass is 16.4. The lowest BCUT2D eigenvalue weighted by Gasteiger charge is -2.21. The van der Waals surface area contributed by atoms with Crippen LogP contribution >= 0.6 is 0 Å². The van der Waals surface area contributed by atoms with Crippen LogP contribution in [0.3, 0.4) is 0 Å². The minimum absolute atomic E-state index is 0.117.